The van der Waals surface area contributed by atoms with Crippen molar-refractivity contribution in [2.45, 2.75) is 57.2 Å². The molecule has 2 aromatic heterocycles. The largest absolute Gasteiger partial charge is 0.489 e. The first-order valence-corrected chi connectivity index (χ1v) is 12.7. The van der Waals surface area contributed by atoms with Crippen LogP contribution in [0.1, 0.15) is 32.6 Å². The van der Waals surface area contributed by atoms with Gasteiger partial charge in [-0.1, -0.05) is 16.5 Å². The normalized spacial score (nSPS) is 22.5. The Morgan fingerprint density at radius 1 is 1.29 bits per heavy atom. The number of piperidine rings is 1. The number of anilines is 1. The van der Waals surface area contributed by atoms with E-state index in [0.717, 1.165) is 41.8 Å². The van der Waals surface area contributed by atoms with Crippen molar-refractivity contribution in [3.8, 4) is 16.6 Å². The molecule has 0 aliphatic carbocycles. The van der Waals surface area contributed by atoms with Crippen LogP contribution in [0.15, 0.2) is 27.2 Å². The van der Waals surface area contributed by atoms with Crippen molar-refractivity contribution in [2.24, 2.45) is 0 Å². The molecule has 0 N–H and O–H groups in total. The summed E-state index contributed by atoms with van der Waals surface area (Å²) in [5, 5.41) is 13.8. The molecule has 0 bridgehead atoms. The lowest BCUT2D eigenvalue weighted by Crippen LogP contribution is -2.38. The quantitative estimate of drug-likeness (QED) is 0.390. The van der Waals surface area contributed by atoms with E-state index in [1.54, 1.807) is 19.9 Å². The fourth-order valence-electron chi connectivity index (χ4n) is 4.08. The maximum atomic E-state index is 13.5. The first kappa shape index (κ1) is 24.2. The smallest absolute Gasteiger partial charge is 0.233 e. The summed E-state index contributed by atoms with van der Waals surface area (Å²) in [6.45, 7) is 4.96. The van der Waals surface area contributed by atoms with E-state index in [9.17, 15) is 9.18 Å². The maximum Gasteiger partial charge on any atom is 0.233 e. The van der Waals surface area contributed by atoms with Crippen molar-refractivity contribution in [3.63, 3.8) is 0 Å². The van der Waals surface area contributed by atoms with Gasteiger partial charge < -0.3 is 28.4 Å². The minimum atomic E-state index is -0.848. The van der Waals surface area contributed by atoms with Crippen molar-refractivity contribution in [1.82, 2.24) is 20.3 Å². The van der Waals surface area contributed by atoms with Gasteiger partial charge in [0, 0.05) is 32.0 Å². The number of aldehydes is 1. The monoisotopic (exact) mass is 567 g/mol. The molecule has 0 spiro atoms. The number of carbonyl (C=O) groups is 1. The Labute approximate surface area is 212 Å². The molecule has 35 heavy (non-hydrogen) atoms. The van der Waals surface area contributed by atoms with Gasteiger partial charge in [0.15, 0.2) is 17.1 Å². The SMILES string of the molecule is CC1(C)OC(C=O)[C@@H](Cc2nc(-c3nnc(N4CCC(Oc5cc(F)ccc5Br)CC4)s3)no2)O1. The topological polar surface area (TPSA) is 113 Å². The third-order valence-corrected chi connectivity index (χ3v) is 7.34. The van der Waals surface area contributed by atoms with E-state index in [4.69, 9.17) is 18.7 Å². The molecule has 5 rings (SSSR count). The summed E-state index contributed by atoms with van der Waals surface area (Å²) < 4.78 is 36.9. The maximum absolute atomic E-state index is 13.5. The van der Waals surface area contributed by atoms with Gasteiger partial charge in [-0.2, -0.15) is 4.98 Å². The van der Waals surface area contributed by atoms with Crippen LogP contribution in [0.3, 0.4) is 0 Å². The molecular weight excluding hydrogens is 545 g/mol. The van der Waals surface area contributed by atoms with Gasteiger partial charge in [-0.3, -0.25) is 0 Å². The first-order valence-electron chi connectivity index (χ1n) is 11.1. The summed E-state index contributed by atoms with van der Waals surface area (Å²) in [5.74, 6) is -0.00937. The fourth-order valence-corrected chi connectivity index (χ4v) is 5.24. The van der Waals surface area contributed by atoms with Gasteiger partial charge >= 0.3 is 0 Å². The van der Waals surface area contributed by atoms with Crippen LogP contribution >= 0.6 is 27.3 Å². The predicted molar refractivity (Wildman–Crippen MR) is 127 cm³/mol. The van der Waals surface area contributed by atoms with E-state index < -0.39 is 18.0 Å². The summed E-state index contributed by atoms with van der Waals surface area (Å²) in [7, 11) is 0. The zero-order valence-corrected chi connectivity index (χ0v) is 21.4. The standard InChI is InChI=1S/C22H23BrFN5O5S/c1-22(2)32-16(17(11-30)33-22)10-18-25-19(28-34-18)20-26-27-21(35-20)29-7-5-13(6-8-29)31-15-9-12(24)3-4-14(15)23/h3-4,9,11,13,16-17H,5-8,10H2,1-2H3/t16-,17?/m1/s1. The second-order valence-corrected chi connectivity index (χ2v) is 10.6. The van der Waals surface area contributed by atoms with Gasteiger partial charge in [-0.05, 0) is 41.9 Å². The van der Waals surface area contributed by atoms with Crippen LogP contribution in [0.4, 0.5) is 9.52 Å². The van der Waals surface area contributed by atoms with Gasteiger partial charge in [0.25, 0.3) is 0 Å². The molecular formula is C22H23BrFN5O5S. The van der Waals surface area contributed by atoms with E-state index >= 15 is 0 Å². The molecule has 0 amide bonds. The Kier molecular flexibility index (Phi) is 6.84. The van der Waals surface area contributed by atoms with E-state index in [0.29, 0.717) is 22.5 Å². The van der Waals surface area contributed by atoms with Crippen molar-refractivity contribution < 1.29 is 27.9 Å². The van der Waals surface area contributed by atoms with E-state index in [1.165, 1.54) is 23.5 Å². The zero-order chi connectivity index (χ0) is 24.6. The summed E-state index contributed by atoms with van der Waals surface area (Å²) in [6.07, 6.45) is 1.29. The molecule has 1 unspecified atom stereocenters. The third-order valence-electron chi connectivity index (χ3n) is 5.70. The molecule has 0 radical (unpaired) electrons. The second kappa shape index (κ2) is 9.88. The number of hydrogen-bond acceptors (Lipinski definition) is 11. The number of rotatable bonds is 7. The fraction of sp³-hybridized carbons (Fsp3) is 0.500. The van der Waals surface area contributed by atoms with Gasteiger partial charge in [0.1, 0.15) is 29.9 Å². The molecule has 2 fully saturated rings. The summed E-state index contributed by atoms with van der Waals surface area (Å²) >= 11 is 4.77. The number of nitrogens with zero attached hydrogens (tertiary/aromatic N) is 5. The van der Waals surface area contributed by atoms with Crippen LogP contribution in [0, 0.1) is 5.82 Å². The first-order chi connectivity index (χ1) is 16.8. The molecule has 2 saturated heterocycles. The van der Waals surface area contributed by atoms with Crippen LogP contribution in [0.2, 0.25) is 0 Å². The lowest BCUT2D eigenvalue weighted by molar-refractivity contribution is -0.150. The predicted octanol–water partition coefficient (Wildman–Crippen LogP) is 3.80. The van der Waals surface area contributed by atoms with Gasteiger partial charge in [0.05, 0.1) is 10.9 Å². The average molecular weight is 568 g/mol. The van der Waals surface area contributed by atoms with Crippen molar-refractivity contribution in [1.29, 1.82) is 0 Å². The van der Waals surface area contributed by atoms with Crippen LogP contribution in [-0.4, -0.2) is 63.8 Å². The van der Waals surface area contributed by atoms with E-state index in [1.807, 2.05) is 0 Å². The molecule has 2 aliphatic heterocycles. The highest BCUT2D eigenvalue weighted by Gasteiger charge is 2.42. The van der Waals surface area contributed by atoms with Crippen LogP contribution in [0.25, 0.3) is 10.8 Å². The highest BCUT2D eigenvalue weighted by molar-refractivity contribution is 9.10. The highest BCUT2D eigenvalue weighted by atomic mass is 79.9. The Morgan fingerprint density at radius 3 is 2.86 bits per heavy atom. The second-order valence-electron chi connectivity index (χ2n) is 8.76. The van der Waals surface area contributed by atoms with Crippen LogP contribution in [0.5, 0.6) is 5.75 Å². The number of benzene rings is 1. The van der Waals surface area contributed by atoms with Gasteiger partial charge in [-0.15, -0.1) is 10.2 Å². The number of hydrogen-bond donors (Lipinski definition) is 0. The molecule has 4 heterocycles. The van der Waals surface area contributed by atoms with Gasteiger partial charge in [-0.25, -0.2) is 4.39 Å². The summed E-state index contributed by atoms with van der Waals surface area (Å²) in [6, 6.07) is 4.42. The number of halogens is 2. The molecule has 10 nitrogen and oxygen atoms in total. The van der Waals surface area contributed by atoms with E-state index in [-0.39, 0.29) is 18.3 Å². The van der Waals surface area contributed by atoms with Crippen molar-refractivity contribution in [2.75, 3.05) is 18.0 Å². The summed E-state index contributed by atoms with van der Waals surface area (Å²) in [5.41, 5.74) is 0. The lowest BCUT2D eigenvalue weighted by Gasteiger charge is -2.31. The summed E-state index contributed by atoms with van der Waals surface area (Å²) in [4.78, 5) is 17.8. The molecule has 2 aliphatic rings. The van der Waals surface area contributed by atoms with E-state index in [2.05, 4.69) is 41.2 Å². The average Bonchev–Trinajstić information content (AvgIpc) is 3.55. The molecule has 0 saturated carbocycles. The van der Waals surface area contributed by atoms with Gasteiger partial charge in [0.2, 0.25) is 16.8 Å². The highest BCUT2D eigenvalue weighted by Crippen LogP contribution is 2.33. The van der Waals surface area contributed by atoms with Crippen molar-refractivity contribution in [3.05, 3.63) is 34.4 Å². The van der Waals surface area contributed by atoms with Crippen LogP contribution < -0.4 is 9.64 Å². The third kappa shape index (κ3) is 5.52. The Hall–Kier alpha value is -2.48. The zero-order valence-electron chi connectivity index (χ0n) is 19.0. The Morgan fingerprint density at radius 2 is 2.09 bits per heavy atom. The molecule has 13 heteroatoms. The molecule has 186 valence electrons. The minimum Gasteiger partial charge on any atom is -0.489 e. The Bertz CT molecular complexity index is 1200. The number of aromatic nitrogens is 4. The van der Waals surface area contributed by atoms with Crippen molar-refractivity contribution >= 4 is 38.7 Å². The molecule has 2 atom stereocenters. The Balaban J connectivity index is 1.18. The minimum absolute atomic E-state index is 0.0153. The number of ether oxygens (including phenoxy) is 3. The lowest BCUT2D eigenvalue weighted by atomic mass is 10.1. The van der Waals surface area contributed by atoms with Crippen LogP contribution in [-0.2, 0) is 20.7 Å². The molecule has 1 aromatic carbocycles. The number of carbonyl (C=O) groups excluding carboxylic acids is 1. The molecule has 3 aromatic rings.